The predicted molar refractivity (Wildman–Crippen MR) is 409 cm³/mol. The highest BCUT2D eigenvalue weighted by Crippen LogP contribution is 2.35. The second kappa shape index (κ2) is 75.4. The average molecular weight is 1620 g/mol. The van der Waals surface area contributed by atoms with Gasteiger partial charge in [0.05, 0.1) is 328 Å². The van der Waals surface area contributed by atoms with Crippen LogP contribution in [0.25, 0.3) is 43.4 Å². The van der Waals surface area contributed by atoms with Crippen LogP contribution >= 0.6 is 0 Å². The highest BCUT2D eigenvalue weighted by atomic mass is 35.5. The number of fused-ring (bicyclic) bond motifs is 3. The Labute approximate surface area is 665 Å². The molecule has 4 N–H and O–H groups in total. The number of amides is 1. The highest BCUT2D eigenvalue weighted by molar-refractivity contribution is 6.32. The molecule has 1 heterocycles. The number of rotatable bonds is 84. The molecule has 34 nitrogen and oxygen atoms in total. The number of nitrogens with zero attached hydrogens (tertiary/aromatic N) is 4. The number of azide groups is 1. The lowest BCUT2D eigenvalue weighted by Gasteiger charge is -2.13. The first-order valence-corrected chi connectivity index (χ1v) is 38.6. The summed E-state index contributed by atoms with van der Waals surface area (Å²) in [7, 11) is 0. The molecule has 0 aliphatic heterocycles. The molecular formula is C77H125ClN6O28. The quantitative estimate of drug-likeness (QED) is 0.00835. The van der Waals surface area contributed by atoms with E-state index < -0.39 is 11.8 Å². The summed E-state index contributed by atoms with van der Waals surface area (Å²) >= 11 is 0. The lowest BCUT2D eigenvalue weighted by Crippen LogP contribution is -3.00. The molecule has 0 saturated carbocycles. The number of aromatic nitrogens is 1. The zero-order valence-electron chi connectivity index (χ0n) is 65.5. The number of Topliss-reactive ketones (excluding diaryl/α,β-unsaturated/α-hetero) is 1. The minimum Gasteiger partial charge on any atom is -1.00 e. The number of hydrogen-bond acceptors (Lipinski definition) is 29. The van der Waals surface area contributed by atoms with Gasteiger partial charge in [-0.1, -0.05) is 35.4 Å². The van der Waals surface area contributed by atoms with Crippen LogP contribution in [0.2, 0.25) is 0 Å². The van der Waals surface area contributed by atoms with Crippen LogP contribution in [0.4, 0.5) is 11.4 Å². The third-order valence-electron chi connectivity index (χ3n) is 15.5. The molecule has 1 amide bonds. The number of halogens is 1. The van der Waals surface area contributed by atoms with E-state index in [1.807, 2.05) is 54.6 Å². The number of ketones is 1. The number of benzene rings is 3. The smallest absolute Gasteiger partial charge is 0.372 e. The molecule has 0 aliphatic carbocycles. The van der Waals surface area contributed by atoms with Crippen LogP contribution in [-0.2, 0) is 135 Å². The van der Waals surface area contributed by atoms with Crippen molar-refractivity contribution in [1.29, 1.82) is 0 Å². The SMILES string of the molecule is [Cl-].[N-]=[N+]=Nc1ccc2c(c1)c(-c1ccccc1)[n+](CCCCCC(=O)NCCOCCOCCOCCOCCOCCOCCOCCOCCOCCOCCOCCOCCOCCOCCOCCOCCOCCOCCOCCOCCOCCOCCOCCOCCC(=O)C(=O)O)c1cc(N)ccc21. The molecule has 0 radical (unpaired) electrons. The first-order valence-electron chi connectivity index (χ1n) is 38.6. The molecule has 0 saturated heterocycles. The Bertz CT molecular complexity index is 2940. The van der Waals surface area contributed by atoms with E-state index >= 15 is 0 Å². The normalized spacial score (nSPS) is 11.5. The van der Waals surface area contributed by atoms with Crippen molar-refractivity contribution in [3.05, 3.63) is 77.2 Å². The number of hydrogen-bond donors (Lipinski definition) is 3. The minimum atomic E-state index is -1.45. The van der Waals surface area contributed by atoms with E-state index in [1.54, 1.807) is 0 Å². The number of carbonyl (C=O) groups excluding carboxylic acids is 2. The van der Waals surface area contributed by atoms with Crippen molar-refractivity contribution in [2.45, 2.75) is 38.6 Å². The third-order valence-corrected chi connectivity index (χ3v) is 15.5. The molecule has 4 aromatic rings. The van der Waals surface area contributed by atoms with Crippen molar-refractivity contribution in [3.8, 4) is 11.3 Å². The Morgan fingerprint density at radius 3 is 0.973 bits per heavy atom. The van der Waals surface area contributed by atoms with Crippen LogP contribution in [0.1, 0.15) is 32.1 Å². The maximum atomic E-state index is 12.6. The molecule has 0 fully saturated rings. The van der Waals surface area contributed by atoms with Crippen molar-refractivity contribution in [1.82, 2.24) is 5.32 Å². The number of anilines is 1. The zero-order chi connectivity index (χ0) is 78.7. The average Bonchev–Trinajstić information content (AvgIpc) is 0.741. The van der Waals surface area contributed by atoms with Crippen molar-refractivity contribution in [3.63, 3.8) is 0 Å². The molecular weight excluding hydrogens is 1490 g/mol. The van der Waals surface area contributed by atoms with E-state index in [1.165, 1.54) is 0 Å². The summed E-state index contributed by atoms with van der Waals surface area (Å²) in [4.78, 5) is 37.0. The van der Waals surface area contributed by atoms with Crippen molar-refractivity contribution in [2.75, 3.05) is 329 Å². The van der Waals surface area contributed by atoms with Gasteiger partial charge >= 0.3 is 5.97 Å². The lowest BCUT2D eigenvalue weighted by atomic mass is 9.98. The highest BCUT2D eigenvalue weighted by Gasteiger charge is 2.24. The Balaban J connectivity index is 0.0000325. The lowest BCUT2D eigenvalue weighted by molar-refractivity contribution is -0.659. The Hall–Kier alpha value is -5.62. The summed E-state index contributed by atoms with van der Waals surface area (Å²) in [5.74, 6) is -2.33. The fourth-order valence-corrected chi connectivity index (χ4v) is 10.00. The van der Waals surface area contributed by atoms with E-state index in [9.17, 15) is 14.4 Å². The molecule has 0 unspecified atom stereocenters. The molecule has 0 bridgehead atoms. The number of carboxylic acid groups (broad SMARTS) is 1. The van der Waals surface area contributed by atoms with E-state index in [0.717, 1.165) is 52.2 Å². The van der Waals surface area contributed by atoms with Crippen LogP contribution in [-0.4, -0.2) is 346 Å². The van der Waals surface area contributed by atoms with Gasteiger partial charge in [-0.15, -0.1) is 0 Å². The molecule has 0 aliphatic rings. The second-order valence-corrected chi connectivity index (χ2v) is 23.9. The molecule has 3 aromatic carbocycles. The van der Waals surface area contributed by atoms with Crippen LogP contribution in [0.5, 0.6) is 0 Å². The minimum absolute atomic E-state index is 0. The van der Waals surface area contributed by atoms with Gasteiger partial charge in [-0.25, -0.2) is 4.79 Å². The van der Waals surface area contributed by atoms with Crippen LogP contribution in [0, 0.1) is 0 Å². The molecule has 4 rings (SSSR count). The molecule has 112 heavy (non-hydrogen) atoms. The summed E-state index contributed by atoms with van der Waals surface area (Å²) in [6.45, 7) is 22.3. The number of aryl methyl sites for hydroxylation is 1. The number of unbranched alkanes of at least 4 members (excludes halogenated alkanes) is 2. The number of pyridine rings is 1. The van der Waals surface area contributed by atoms with Gasteiger partial charge in [0.15, 0.2) is 0 Å². The summed E-state index contributed by atoms with van der Waals surface area (Å²) in [6, 6.07) is 21.9. The van der Waals surface area contributed by atoms with Gasteiger partial charge in [0.2, 0.25) is 22.9 Å². The number of nitrogens with two attached hydrogens (primary N) is 1. The standard InChI is InChI=1S/C77H124N6O28.ClH/c78-68-10-12-71-70-13-11-69(81-82-79)66-72(70)76(67-7-3-1-4-8-67)83(73(71)65-68)16-6-2-5-9-75(85)80-15-18-89-20-22-91-24-26-93-28-30-95-32-34-97-36-38-99-40-42-101-44-46-103-48-50-105-52-54-107-56-58-109-60-62-111-64-63-110-61-59-108-57-55-106-53-51-104-49-47-102-45-43-100-41-39-98-37-35-96-33-31-94-29-27-92-25-23-90-21-19-88-17-14-74(84)77(86)87;/h1,3-4,7-8,10-13,65-66,78H,2,5-6,9,14-64H2,(H2,80,85,86,87);1H. The fraction of sp³-hybridized carbons (Fsp3) is 0.714. The first kappa shape index (κ1) is 101. The van der Waals surface area contributed by atoms with E-state index in [-0.39, 0.29) is 37.9 Å². The molecule has 0 atom stereocenters. The number of nitrogen functional groups attached to an aromatic ring is 1. The molecule has 0 spiro atoms. The maximum absolute atomic E-state index is 12.6. The van der Waals surface area contributed by atoms with Gasteiger partial charge in [-0.3, -0.25) is 9.59 Å². The number of aliphatic carboxylic acids is 1. The Morgan fingerprint density at radius 1 is 0.357 bits per heavy atom. The number of carboxylic acids is 1. The number of carbonyl (C=O) groups is 3. The third kappa shape index (κ3) is 55.8. The van der Waals surface area contributed by atoms with Crippen LogP contribution < -0.4 is 28.0 Å². The Kier molecular flexibility index (Phi) is 67.7. The van der Waals surface area contributed by atoms with Crippen molar-refractivity contribution < 1.29 is 150 Å². The maximum Gasteiger partial charge on any atom is 0.372 e. The largest absolute Gasteiger partial charge is 1.00 e. The van der Waals surface area contributed by atoms with E-state index in [2.05, 4.69) is 32.0 Å². The van der Waals surface area contributed by atoms with Crippen LogP contribution in [0.3, 0.4) is 0 Å². The molecule has 35 heteroatoms. The van der Waals surface area contributed by atoms with Crippen molar-refractivity contribution >= 4 is 50.7 Å². The van der Waals surface area contributed by atoms with Gasteiger partial charge in [-0.2, -0.15) is 4.57 Å². The number of ether oxygens (including phenoxy) is 24. The second-order valence-electron chi connectivity index (χ2n) is 23.9. The topological polar surface area (TPSA) is 384 Å². The first-order chi connectivity index (χ1) is 54.9. The fourth-order valence-electron chi connectivity index (χ4n) is 10.00. The van der Waals surface area contributed by atoms with Gasteiger partial charge in [0.25, 0.3) is 0 Å². The van der Waals surface area contributed by atoms with Gasteiger partial charge in [0, 0.05) is 59.1 Å². The van der Waals surface area contributed by atoms with E-state index in [0.29, 0.717) is 335 Å². The monoisotopic (exact) mass is 1620 g/mol. The zero-order valence-corrected chi connectivity index (χ0v) is 66.2. The van der Waals surface area contributed by atoms with Gasteiger partial charge < -0.3 is 142 Å². The predicted octanol–water partition coefficient (Wildman–Crippen LogP) is 2.59. The number of nitrogens with one attached hydrogen (secondary N) is 1. The van der Waals surface area contributed by atoms with Crippen molar-refractivity contribution in [2.24, 2.45) is 5.11 Å². The summed E-state index contributed by atoms with van der Waals surface area (Å²) in [5.41, 5.74) is 19.8. The van der Waals surface area contributed by atoms with Crippen LogP contribution in [0.15, 0.2) is 71.8 Å². The molecule has 638 valence electrons. The Morgan fingerprint density at radius 2 is 0.661 bits per heavy atom. The van der Waals surface area contributed by atoms with Gasteiger partial charge in [-0.05, 0) is 48.7 Å². The van der Waals surface area contributed by atoms with E-state index in [4.69, 9.17) is 130 Å². The summed E-state index contributed by atoms with van der Waals surface area (Å²) < 4.78 is 134. The van der Waals surface area contributed by atoms with Gasteiger partial charge in [0.1, 0.15) is 6.54 Å². The summed E-state index contributed by atoms with van der Waals surface area (Å²) in [6.07, 6.45) is 2.73. The summed E-state index contributed by atoms with van der Waals surface area (Å²) in [5, 5.41) is 18.4. The molecule has 1 aromatic heterocycles.